The molecule has 2 aromatic rings. The summed E-state index contributed by atoms with van der Waals surface area (Å²) in [6.07, 6.45) is 5.20. The van der Waals surface area contributed by atoms with Crippen LogP contribution in [0.15, 0.2) is 30.6 Å². The summed E-state index contributed by atoms with van der Waals surface area (Å²) >= 11 is 6.29. The minimum Gasteiger partial charge on any atom is -0.339 e. The number of carbonyl (C=O) groups is 2. The first-order valence-corrected chi connectivity index (χ1v) is 11.1. The summed E-state index contributed by atoms with van der Waals surface area (Å²) in [6.45, 7) is 6.93. The van der Waals surface area contributed by atoms with Gasteiger partial charge in [-0.25, -0.2) is 14.8 Å². The normalized spacial score (nSPS) is 13.8. The molecule has 1 fully saturated rings. The van der Waals surface area contributed by atoms with Gasteiger partial charge in [-0.15, -0.1) is 0 Å². The molecule has 31 heavy (non-hydrogen) atoms. The number of hydrogen-bond acceptors (Lipinski definition) is 5. The third-order valence-electron chi connectivity index (χ3n) is 5.41. The third kappa shape index (κ3) is 5.85. The van der Waals surface area contributed by atoms with Crippen LogP contribution in [0.4, 0.5) is 16.4 Å². The number of urea groups is 1. The highest BCUT2D eigenvalue weighted by Gasteiger charge is 2.22. The van der Waals surface area contributed by atoms with Gasteiger partial charge < -0.3 is 20.4 Å². The molecule has 0 saturated carbocycles. The van der Waals surface area contributed by atoms with Crippen LogP contribution in [0.2, 0.25) is 5.02 Å². The predicted octanol–water partition coefficient (Wildman–Crippen LogP) is 3.12. The van der Waals surface area contributed by atoms with E-state index in [1.165, 1.54) is 0 Å². The second kappa shape index (κ2) is 10.9. The summed E-state index contributed by atoms with van der Waals surface area (Å²) in [5, 5.41) is 6.35. The molecule has 8 nitrogen and oxygen atoms in total. The molecule has 0 atom stereocenters. The van der Waals surface area contributed by atoms with E-state index in [-0.39, 0.29) is 24.9 Å². The summed E-state index contributed by atoms with van der Waals surface area (Å²) in [4.78, 5) is 37.3. The Morgan fingerprint density at radius 3 is 2.42 bits per heavy atom. The van der Waals surface area contributed by atoms with Gasteiger partial charge in [0.15, 0.2) is 0 Å². The standard InChI is InChI=1S/C22H29ClN6O2/c1-3-16-6-7-18(23)17(4-2)20(16)27-22(31)26-11-8-19(30)28-12-14-29(15-13-28)21-24-9-5-10-25-21/h5-7,9-10H,3-4,8,11-15H2,1-2H3,(H2,26,27,31). The highest BCUT2D eigenvalue weighted by atomic mass is 35.5. The number of benzene rings is 1. The van der Waals surface area contributed by atoms with Crippen molar-refractivity contribution in [1.82, 2.24) is 20.2 Å². The summed E-state index contributed by atoms with van der Waals surface area (Å²) < 4.78 is 0. The highest BCUT2D eigenvalue weighted by Crippen LogP contribution is 2.29. The van der Waals surface area contributed by atoms with Crippen molar-refractivity contribution in [2.24, 2.45) is 0 Å². The zero-order valence-electron chi connectivity index (χ0n) is 18.0. The van der Waals surface area contributed by atoms with Crippen molar-refractivity contribution in [1.29, 1.82) is 0 Å². The summed E-state index contributed by atoms with van der Waals surface area (Å²) in [5.74, 6) is 0.715. The molecule has 0 bridgehead atoms. The molecule has 9 heteroatoms. The summed E-state index contributed by atoms with van der Waals surface area (Å²) in [5.41, 5.74) is 2.72. The molecule has 1 aliphatic heterocycles. The number of hydrogen-bond donors (Lipinski definition) is 2. The van der Waals surface area contributed by atoms with Crippen LogP contribution in [0.3, 0.4) is 0 Å². The van der Waals surface area contributed by atoms with Crippen molar-refractivity contribution in [2.75, 3.05) is 42.9 Å². The topological polar surface area (TPSA) is 90.5 Å². The predicted molar refractivity (Wildman–Crippen MR) is 123 cm³/mol. The zero-order chi connectivity index (χ0) is 22.2. The first kappa shape index (κ1) is 22.8. The second-order valence-corrected chi connectivity index (χ2v) is 7.72. The molecular weight excluding hydrogens is 416 g/mol. The maximum atomic E-state index is 12.5. The number of anilines is 2. The van der Waals surface area contributed by atoms with Crippen LogP contribution in [-0.2, 0) is 17.6 Å². The molecule has 166 valence electrons. The van der Waals surface area contributed by atoms with Gasteiger partial charge in [0.2, 0.25) is 11.9 Å². The van der Waals surface area contributed by atoms with Gasteiger partial charge in [0.05, 0.1) is 5.69 Å². The van der Waals surface area contributed by atoms with Gasteiger partial charge in [-0.3, -0.25) is 4.79 Å². The van der Waals surface area contributed by atoms with E-state index < -0.39 is 0 Å². The van der Waals surface area contributed by atoms with Crippen LogP contribution < -0.4 is 15.5 Å². The molecule has 3 rings (SSSR count). The van der Waals surface area contributed by atoms with Gasteiger partial charge in [0, 0.05) is 56.6 Å². The van der Waals surface area contributed by atoms with Crippen LogP contribution in [0.1, 0.15) is 31.4 Å². The lowest BCUT2D eigenvalue weighted by atomic mass is 10.0. The van der Waals surface area contributed by atoms with Crippen molar-refractivity contribution < 1.29 is 9.59 Å². The van der Waals surface area contributed by atoms with Gasteiger partial charge in [-0.2, -0.15) is 0 Å². The molecular formula is C22H29ClN6O2. The summed E-state index contributed by atoms with van der Waals surface area (Å²) in [6, 6.07) is 5.25. The van der Waals surface area contributed by atoms with E-state index in [0.29, 0.717) is 37.1 Å². The Hall–Kier alpha value is -2.87. The monoisotopic (exact) mass is 444 g/mol. The molecule has 1 saturated heterocycles. The Morgan fingerprint density at radius 1 is 1.06 bits per heavy atom. The van der Waals surface area contributed by atoms with Gasteiger partial charge in [0.1, 0.15) is 0 Å². The Morgan fingerprint density at radius 2 is 1.77 bits per heavy atom. The van der Waals surface area contributed by atoms with Crippen molar-refractivity contribution in [3.05, 3.63) is 46.7 Å². The second-order valence-electron chi connectivity index (χ2n) is 7.31. The zero-order valence-corrected chi connectivity index (χ0v) is 18.8. The van der Waals surface area contributed by atoms with Crippen molar-refractivity contribution in [3.63, 3.8) is 0 Å². The van der Waals surface area contributed by atoms with Crippen LogP contribution in [0.25, 0.3) is 0 Å². The van der Waals surface area contributed by atoms with Gasteiger partial charge >= 0.3 is 6.03 Å². The Labute approximate surface area is 188 Å². The lowest BCUT2D eigenvalue weighted by Crippen LogP contribution is -2.49. The van der Waals surface area contributed by atoms with E-state index in [1.807, 2.05) is 30.9 Å². The molecule has 2 N–H and O–H groups in total. The molecule has 0 aliphatic carbocycles. The molecule has 3 amide bonds. The fraction of sp³-hybridized carbons (Fsp3) is 0.455. The average Bonchev–Trinajstić information content (AvgIpc) is 2.80. The first-order valence-electron chi connectivity index (χ1n) is 10.7. The van der Waals surface area contributed by atoms with Crippen LogP contribution >= 0.6 is 11.6 Å². The number of nitrogens with zero attached hydrogens (tertiary/aromatic N) is 4. The molecule has 1 aromatic heterocycles. The number of aromatic nitrogens is 2. The number of nitrogens with one attached hydrogen (secondary N) is 2. The minimum absolute atomic E-state index is 0.0279. The smallest absolute Gasteiger partial charge is 0.319 e. The third-order valence-corrected chi connectivity index (χ3v) is 5.76. The Kier molecular flexibility index (Phi) is 8.06. The van der Waals surface area contributed by atoms with Gasteiger partial charge in [-0.1, -0.05) is 31.5 Å². The average molecular weight is 445 g/mol. The molecule has 0 radical (unpaired) electrons. The van der Waals surface area contributed by atoms with E-state index in [2.05, 4.69) is 25.5 Å². The van der Waals surface area contributed by atoms with Crippen LogP contribution in [0, 0.1) is 0 Å². The lowest BCUT2D eigenvalue weighted by molar-refractivity contribution is -0.131. The fourth-order valence-corrected chi connectivity index (χ4v) is 3.97. The van der Waals surface area contributed by atoms with Crippen LogP contribution in [0.5, 0.6) is 0 Å². The van der Waals surface area contributed by atoms with Gasteiger partial charge in [-0.05, 0) is 36.1 Å². The molecule has 1 aliphatic rings. The Balaban J connectivity index is 1.45. The summed E-state index contributed by atoms with van der Waals surface area (Å²) in [7, 11) is 0. The number of piperazine rings is 1. The number of rotatable bonds is 7. The number of aryl methyl sites for hydroxylation is 1. The largest absolute Gasteiger partial charge is 0.339 e. The maximum absolute atomic E-state index is 12.5. The number of amides is 3. The molecule has 0 unspecified atom stereocenters. The van der Waals surface area contributed by atoms with Gasteiger partial charge in [0.25, 0.3) is 0 Å². The maximum Gasteiger partial charge on any atom is 0.319 e. The number of halogens is 1. The van der Waals surface area contributed by atoms with Crippen molar-refractivity contribution >= 4 is 35.2 Å². The minimum atomic E-state index is -0.328. The highest BCUT2D eigenvalue weighted by molar-refractivity contribution is 6.32. The Bertz CT molecular complexity index is 900. The van der Waals surface area contributed by atoms with Crippen LogP contribution in [-0.4, -0.2) is 59.5 Å². The van der Waals surface area contributed by atoms with E-state index in [0.717, 1.165) is 29.7 Å². The quantitative estimate of drug-likeness (QED) is 0.684. The number of carbonyl (C=O) groups excluding carboxylic acids is 2. The van der Waals surface area contributed by atoms with Crippen molar-refractivity contribution in [3.8, 4) is 0 Å². The molecule has 2 heterocycles. The van der Waals surface area contributed by atoms with E-state index in [9.17, 15) is 9.59 Å². The SMILES string of the molecule is CCc1ccc(Cl)c(CC)c1NC(=O)NCCC(=O)N1CCN(c2ncccn2)CC1. The van der Waals surface area contributed by atoms with E-state index >= 15 is 0 Å². The van der Waals surface area contributed by atoms with E-state index in [4.69, 9.17) is 11.6 Å². The van der Waals surface area contributed by atoms with E-state index in [1.54, 1.807) is 18.5 Å². The first-order chi connectivity index (χ1) is 15.0. The van der Waals surface area contributed by atoms with Crippen molar-refractivity contribution in [2.45, 2.75) is 33.1 Å². The fourth-order valence-electron chi connectivity index (χ4n) is 3.68. The molecule has 1 aromatic carbocycles. The molecule has 0 spiro atoms. The lowest BCUT2D eigenvalue weighted by Gasteiger charge is -2.34.